The van der Waals surface area contributed by atoms with E-state index in [0.717, 1.165) is 49.2 Å². The lowest BCUT2D eigenvalue weighted by molar-refractivity contribution is 0.415. The molecule has 4 aromatic rings. The molecule has 1 atom stereocenters. The fourth-order valence-electron chi connectivity index (χ4n) is 4.57. The predicted octanol–water partition coefficient (Wildman–Crippen LogP) is 4.18. The first kappa shape index (κ1) is 22.8. The van der Waals surface area contributed by atoms with E-state index in [-0.39, 0.29) is 17.5 Å². The molecular formula is C24H27N5O3S2. The number of anilines is 1. The van der Waals surface area contributed by atoms with E-state index in [1.807, 2.05) is 49.8 Å². The number of hydrogen-bond donors (Lipinski definition) is 0. The van der Waals surface area contributed by atoms with Crippen LogP contribution in [-0.4, -0.2) is 53.8 Å². The molecule has 0 amide bonds. The van der Waals surface area contributed by atoms with E-state index < -0.39 is 9.84 Å². The van der Waals surface area contributed by atoms with Crippen LogP contribution in [0.2, 0.25) is 0 Å². The summed E-state index contributed by atoms with van der Waals surface area (Å²) < 4.78 is 32.2. The Morgan fingerprint density at radius 1 is 1.21 bits per heavy atom. The number of ether oxygens (including phenoxy) is 1. The Morgan fingerprint density at radius 2 is 1.97 bits per heavy atom. The second-order valence-electron chi connectivity index (χ2n) is 8.76. The van der Waals surface area contributed by atoms with Crippen LogP contribution in [0.4, 0.5) is 5.82 Å². The summed E-state index contributed by atoms with van der Waals surface area (Å²) in [5, 5.41) is 4.71. The largest absolute Gasteiger partial charge is 0.497 e. The van der Waals surface area contributed by atoms with Gasteiger partial charge in [0.1, 0.15) is 17.9 Å². The van der Waals surface area contributed by atoms with E-state index in [1.54, 1.807) is 24.8 Å². The van der Waals surface area contributed by atoms with E-state index in [9.17, 15) is 8.42 Å². The maximum atomic E-state index is 12.0. The molecule has 8 nitrogen and oxygen atoms in total. The Morgan fingerprint density at radius 3 is 2.65 bits per heavy atom. The number of methoxy groups -OCH3 is 1. The van der Waals surface area contributed by atoms with E-state index in [2.05, 4.69) is 20.9 Å². The van der Waals surface area contributed by atoms with Gasteiger partial charge in [-0.3, -0.25) is 4.68 Å². The van der Waals surface area contributed by atoms with Crippen LogP contribution in [-0.2, 0) is 16.4 Å². The lowest BCUT2D eigenvalue weighted by Crippen LogP contribution is -2.19. The van der Waals surface area contributed by atoms with Gasteiger partial charge in [0.15, 0.2) is 9.84 Å². The molecule has 1 aliphatic rings. The topological polar surface area (TPSA) is 90.2 Å². The third-order valence-corrected chi connectivity index (χ3v) is 9.37. The summed E-state index contributed by atoms with van der Waals surface area (Å²) in [5.41, 5.74) is 5.06. The fraction of sp³-hybridized carbons (Fsp3) is 0.375. The molecule has 0 radical (unpaired) electrons. The van der Waals surface area contributed by atoms with Crippen LogP contribution in [0.15, 0.2) is 36.7 Å². The summed E-state index contributed by atoms with van der Waals surface area (Å²) >= 11 is 1.67. The van der Waals surface area contributed by atoms with Gasteiger partial charge in [0, 0.05) is 29.7 Å². The fourth-order valence-corrected chi connectivity index (χ4v) is 7.43. The third kappa shape index (κ3) is 4.16. The summed E-state index contributed by atoms with van der Waals surface area (Å²) in [4.78, 5) is 12.3. The van der Waals surface area contributed by atoms with Crippen LogP contribution in [0, 0.1) is 13.8 Å². The number of rotatable bonds is 6. The lowest BCUT2D eigenvalue weighted by atomic mass is 10.1. The van der Waals surface area contributed by atoms with Gasteiger partial charge in [-0.2, -0.15) is 5.10 Å². The van der Waals surface area contributed by atoms with Gasteiger partial charge in [-0.05, 0) is 56.2 Å². The zero-order valence-electron chi connectivity index (χ0n) is 19.6. The second-order valence-corrected chi connectivity index (χ2v) is 12.0. The first-order valence-electron chi connectivity index (χ1n) is 11.1. The van der Waals surface area contributed by atoms with Gasteiger partial charge < -0.3 is 9.64 Å². The Hall–Kier alpha value is -2.98. The molecule has 0 N–H and O–H groups in total. The number of nitrogens with zero attached hydrogens (tertiary/aromatic N) is 5. The van der Waals surface area contributed by atoms with Crippen molar-refractivity contribution in [1.82, 2.24) is 19.7 Å². The number of benzene rings is 1. The minimum absolute atomic E-state index is 0.0853. The Balaban J connectivity index is 1.44. The first-order valence-corrected chi connectivity index (χ1v) is 13.7. The van der Waals surface area contributed by atoms with Crippen molar-refractivity contribution in [1.29, 1.82) is 0 Å². The molecule has 1 fully saturated rings. The first-order chi connectivity index (χ1) is 16.3. The van der Waals surface area contributed by atoms with Crippen LogP contribution in [0.5, 0.6) is 5.75 Å². The Labute approximate surface area is 203 Å². The Bertz CT molecular complexity index is 1460. The molecule has 4 heterocycles. The van der Waals surface area contributed by atoms with Crippen molar-refractivity contribution in [2.75, 3.05) is 30.6 Å². The van der Waals surface area contributed by atoms with Crippen molar-refractivity contribution in [3.63, 3.8) is 0 Å². The molecule has 0 spiro atoms. The lowest BCUT2D eigenvalue weighted by Gasteiger charge is -2.19. The van der Waals surface area contributed by atoms with E-state index in [1.165, 1.54) is 0 Å². The van der Waals surface area contributed by atoms with Gasteiger partial charge in [0.05, 0.1) is 40.6 Å². The van der Waals surface area contributed by atoms with Crippen molar-refractivity contribution in [3.05, 3.63) is 53.6 Å². The highest BCUT2D eigenvalue weighted by Crippen LogP contribution is 2.37. The zero-order chi connectivity index (χ0) is 24.0. The molecule has 1 unspecified atom stereocenters. The average molecular weight is 498 g/mol. The number of thiophene rings is 1. The molecule has 1 aliphatic heterocycles. The second kappa shape index (κ2) is 8.66. The maximum absolute atomic E-state index is 12.0. The maximum Gasteiger partial charge on any atom is 0.152 e. The van der Waals surface area contributed by atoms with Crippen molar-refractivity contribution < 1.29 is 13.2 Å². The minimum Gasteiger partial charge on any atom is -0.497 e. The molecule has 10 heteroatoms. The molecule has 0 saturated carbocycles. The quantitative estimate of drug-likeness (QED) is 0.395. The molecule has 5 rings (SSSR count). The molecule has 34 heavy (non-hydrogen) atoms. The highest BCUT2D eigenvalue weighted by molar-refractivity contribution is 7.91. The number of sulfone groups is 1. The van der Waals surface area contributed by atoms with Crippen molar-refractivity contribution in [2.45, 2.75) is 32.9 Å². The van der Waals surface area contributed by atoms with Crippen molar-refractivity contribution >= 4 is 37.2 Å². The van der Waals surface area contributed by atoms with Gasteiger partial charge >= 0.3 is 0 Å². The zero-order valence-corrected chi connectivity index (χ0v) is 21.3. The van der Waals surface area contributed by atoms with Crippen LogP contribution < -0.4 is 9.64 Å². The smallest absolute Gasteiger partial charge is 0.152 e. The summed E-state index contributed by atoms with van der Waals surface area (Å²) in [6.45, 7) is 4.63. The van der Waals surface area contributed by atoms with E-state index >= 15 is 0 Å². The van der Waals surface area contributed by atoms with E-state index in [4.69, 9.17) is 9.84 Å². The number of hydrogen-bond acceptors (Lipinski definition) is 8. The molecule has 1 aromatic carbocycles. The average Bonchev–Trinajstić information content (AvgIpc) is 3.50. The van der Waals surface area contributed by atoms with Crippen LogP contribution >= 0.6 is 11.3 Å². The standard InChI is InChI=1S/C24H27N5O3S2/c1-15-20(16(2)29(27-15)18-9-10-34(30,31)13-18)12-28(3)24-23-21(25-14-26-24)11-22(33-23)17-5-7-19(32-4)8-6-17/h5-8,11,14,18H,9-10,12-13H2,1-4H3. The van der Waals surface area contributed by atoms with Gasteiger partial charge in [-0.15, -0.1) is 11.3 Å². The minimum atomic E-state index is -2.97. The van der Waals surface area contributed by atoms with Gasteiger partial charge in [0.2, 0.25) is 0 Å². The van der Waals surface area contributed by atoms with Gasteiger partial charge in [0.25, 0.3) is 0 Å². The summed E-state index contributed by atoms with van der Waals surface area (Å²) in [6.07, 6.45) is 2.22. The highest BCUT2D eigenvalue weighted by Gasteiger charge is 2.31. The van der Waals surface area contributed by atoms with Crippen LogP contribution in [0.3, 0.4) is 0 Å². The molecule has 0 bridgehead atoms. The van der Waals surface area contributed by atoms with Crippen molar-refractivity contribution in [2.24, 2.45) is 0 Å². The number of aromatic nitrogens is 4. The SMILES string of the molecule is COc1ccc(-c2cc3ncnc(N(C)Cc4c(C)nn(C5CCS(=O)(=O)C5)c4C)c3s2)cc1. The van der Waals surface area contributed by atoms with Crippen LogP contribution in [0.1, 0.15) is 29.4 Å². The van der Waals surface area contributed by atoms with Crippen LogP contribution in [0.25, 0.3) is 20.7 Å². The number of aryl methyl sites for hydroxylation is 1. The highest BCUT2D eigenvalue weighted by atomic mass is 32.2. The molecule has 1 saturated heterocycles. The van der Waals surface area contributed by atoms with Crippen molar-refractivity contribution in [3.8, 4) is 16.2 Å². The normalized spacial score (nSPS) is 17.4. The Kier molecular flexibility index (Phi) is 5.81. The molecule has 178 valence electrons. The van der Waals surface area contributed by atoms with E-state index in [0.29, 0.717) is 13.0 Å². The summed E-state index contributed by atoms with van der Waals surface area (Å²) in [6, 6.07) is 10.0. The molecule has 3 aromatic heterocycles. The van der Waals surface area contributed by atoms with Gasteiger partial charge in [-0.25, -0.2) is 18.4 Å². The summed E-state index contributed by atoms with van der Waals surface area (Å²) in [5.74, 6) is 2.09. The monoisotopic (exact) mass is 497 g/mol. The predicted molar refractivity (Wildman–Crippen MR) is 136 cm³/mol. The number of fused-ring (bicyclic) bond motifs is 1. The molecular weight excluding hydrogens is 470 g/mol. The molecule has 0 aliphatic carbocycles. The summed E-state index contributed by atoms with van der Waals surface area (Å²) in [7, 11) is 0.708. The van der Waals surface area contributed by atoms with Gasteiger partial charge in [-0.1, -0.05) is 0 Å². The third-order valence-electron chi connectivity index (χ3n) is 6.45.